The largest absolute Gasteiger partial charge is 0.478 e. The first-order valence-corrected chi connectivity index (χ1v) is 10.8. The lowest BCUT2D eigenvalue weighted by molar-refractivity contribution is 0.0696. The Balaban J connectivity index is 1.59. The molecule has 29 heavy (non-hydrogen) atoms. The lowest BCUT2D eigenvalue weighted by Gasteiger charge is -2.51. The van der Waals surface area contributed by atoms with E-state index in [-0.39, 0.29) is 12.0 Å². The number of aromatic carboxylic acids is 1. The van der Waals surface area contributed by atoms with Crippen LogP contribution < -0.4 is 4.90 Å². The van der Waals surface area contributed by atoms with Crippen molar-refractivity contribution < 1.29 is 9.90 Å². The fourth-order valence-corrected chi connectivity index (χ4v) is 6.26. The number of halogens is 1. The van der Waals surface area contributed by atoms with Crippen molar-refractivity contribution in [1.82, 2.24) is 0 Å². The average molecular weight is 404 g/mol. The van der Waals surface area contributed by atoms with Crippen LogP contribution in [0, 0.1) is 11.8 Å². The van der Waals surface area contributed by atoms with Crippen molar-refractivity contribution >= 4 is 23.3 Å². The molecule has 2 aromatic carbocycles. The first-order valence-electron chi connectivity index (χ1n) is 10.4. The fourth-order valence-electron chi connectivity index (χ4n) is 6.14. The summed E-state index contributed by atoms with van der Waals surface area (Å²) in [6.45, 7) is 1.01. The number of fused-ring (bicyclic) bond motifs is 4. The number of carboxylic acid groups (broad SMARTS) is 1. The molecule has 0 spiro atoms. The number of carbonyl (C=O) groups is 1. The van der Waals surface area contributed by atoms with E-state index in [0.717, 1.165) is 24.4 Å². The van der Waals surface area contributed by atoms with Crippen LogP contribution in [-0.2, 0) is 0 Å². The lowest BCUT2D eigenvalue weighted by atomic mass is 9.70. The summed E-state index contributed by atoms with van der Waals surface area (Å²) < 4.78 is 0. The van der Waals surface area contributed by atoms with Gasteiger partial charge in [0.05, 0.1) is 11.6 Å². The topological polar surface area (TPSA) is 40.5 Å². The molecule has 3 nitrogen and oxygen atoms in total. The van der Waals surface area contributed by atoms with Gasteiger partial charge in [-0.3, -0.25) is 0 Å². The Morgan fingerprint density at radius 3 is 2.45 bits per heavy atom. The molecule has 2 aromatic rings. The van der Waals surface area contributed by atoms with E-state index >= 15 is 0 Å². The van der Waals surface area contributed by atoms with Crippen LogP contribution in [-0.4, -0.2) is 17.6 Å². The number of anilines is 1. The number of nitrogens with zero attached hydrogens (tertiary/aromatic N) is 1. The van der Waals surface area contributed by atoms with Gasteiger partial charge in [-0.1, -0.05) is 48.0 Å². The summed E-state index contributed by atoms with van der Waals surface area (Å²) in [6, 6.07) is 12.5. The zero-order chi connectivity index (χ0) is 19.7. The molecule has 1 N–H and O–H groups in total. The van der Waals surface area contributed by atoms with Gasteiger partial charge in [-0.25, -0.2) is 4.79 Å². The minimum absolute atomic E-state index is 0.266. The van der Waals surface area contributed by atoms with Crippen molar-refractivity contribution in [2.24, 2.45) is 11.8 Å². The van der Waals surface area contributed by atoms with Crippen LogP contribution in [0.4, 0.5) is 5.69 Å². The maximum atomic E-state index is 11.9. The van der Waals surface area contributed by atoms with Crippen molar-refractivity contribution in [2.75, 3.05) is 11.4 Å². The molecule has 0 unspecified atom stereocenters. The van der Waals surface area contributed by atoms with E-state index in [0.29, 0.717) is 23.3 Å². The third-order valence-corrected chi connectivity index (χ3v) is 7.56. The van der Waals surface area contributed by atoms with E-state index in [4.69, 9.17) is 11.6 Å². The highest BCUT2D eigenvalue weighted by Crippen LogP contribution is 2.58. The van der Waals surface area contributed by atoms with E-state index < -0.39 is 5.97 Å². The molecule has 0 saturated carbocycles. The molecule has 0 amide bonds. The van der Waals surface area contributed by atoms with Crippen LogP contribution in [0.3, 0.4) is 0 Å². The molecule has 2 aliphatic heterocycles. The minimum atomic E-state index is -0.835. The highest BCUT2D eigenvalue weighted by molar-refractivity contribution is 6.30. The van der Waals surface area contributed by atoms with E-state index in [1.165, 1.54) is 22.4 Å². The summed E-state index contributed by atoms with van der Waals surface area (Å²) >= 11 is 6.18. The molecular formula is C25H22ClNO2. The first kappa shape index (κ1) is 17.3. The lowest BCUT2D eigenvalue weighted by Crippen LogP contribution is -2.46. The van der Waals surface area contributed by atoms with Gasteiger partial charge in [0.25, 0.3) is 0 Å². The van der Waals surface area contributed by atoms with Crippen LogP contribution in [0.15, 0.2) is 60.7 Å². The highest BCUT2D eigenvalue weighted by atomic mass is 35.5. The Bertz CT molecular complexity index is 1050. The smallest absolute Gasteiger partial charge is 0.335 e. The van der Waals surface area contributed by atoms with Gasteiger partial charge in [0.15, 0.2) is 0 Å². The first-order chi connectivity index (χ1) is 14.1. The van der Waals surface area contributed by atoms with Gasteiger partial charge in [-0.05, 0) is 65.6 Å². The van der Waals surface area contributed by atoms with Gasteiger partial charge in [0.2, 0.25) is 0 Å². The summed E-state index contributed by atoms with van der Waals surface area (Å²) in [7, 11) is 0. The molecule has 0 radical (unpaired) electrons. The van der Waals surface area contributed by atoms with E-state index in [2.05, 4.69) is 41.3 Å². The summed E-state index contributed by atoms with van der Waals surface area (Å²) in [6.07, 6.45) is 11.2. The predicted molar refractivity (Wildman–Crippen MR) is 115 cm³/mol. The van der Waals surface area contributed by atoms with Crippen LogP contribution in [0.2, 0.25) is 5.02 Å². The van der Waals surface area contributed by atoms with Gasteiger partial charge >= 0.3 is 5.97 Å². The van der Waals surface area contributed by atoms with Crippen LogP contribution in [0.5, 0.6) is 0 Å². The SMILES string of the molecule is O=C(O)c1cc2c3c(c1)[C@@H]1C=CC[C@@H]1[C@H](c1ccc(Cl)cc1)N3C[C@H]1CC=C[C@H]21. The van der Waals surface area contributed by atoms with E-state index in [1.807, 2.05) is 24.3 Å². The van der Waals surface area contributed by atoms with Crippen molar-refractivity contribution in [3.05, 3.63) is 88.0 Å². The number of benzene rings is 2. The Kier molecular flexibility index (Phi) is 3.73. The zero-order valence-corrected chi connectivity index (χ0v) is 16.7. The average Bonchev–Trinajstić information content (AvgIpc) is 3.38. The molecule has 4 aliphatic rings. The second kappa shape index (κ2) is 6.24. The molecule has 0 aromatic heterocycles. The van der Waals surface area contributed by atoms with Crippen LogP contribution in [0.25, 0.3) is 0 Å². The van der Waals surface area contributed by atoms with Crippen LogP contribution >= 0.6 is 11.6 Å². The normalized spacial score (nSPS) is 30.8. The summed E-state index contributed by atoms with van der Waals surface area (Å²) in [5, 5.41) is 10.5. The van der Waals surface area contributed by atoms with Crippen molar-refractivity contribution in [3.63, 3.8) is 0 Å². The van der Waals surface area contributed by atoms with E-state index in [1.54, 1.807) is 0 Å². The molecule has 0 bridgehead atoms. The molecule has 5 atom stereocenters. The van der Waals surface area contributed by atoms with Gasteiger partial charge in [-0.2, -0.15) is 0 Å². The van der Waals surface area contributed by atoms with Crippen LogP contribution in [0.1, 0.15) is 57.8 Å². The molecule has 0 fully saturated rings. The van der Waals surface area contributed by atoms with Crippen molar-refractivity contribution in [2.45, 2.75) is 30.7 Å². The molecule has 4 heteroatoms. The Labute approximate surface area is 175 Å². The van der Waals surface area contributed by atoms with Crippen molar-refractivity contribution in [1.29, 1.82) is 0 Å². The third kappa shape index (κ3) is 2.47. The Morgan fingerprint density at radius 1 is 1.00 bits per heavy atom. The number of carboxylic acids is 1. The minimum Gasteiger partial charge on any atom is -0.478 e. The molecule has 146 valence electrons. The highest BCUT2D eigenvalue weighted by Gasteiger charge is 2.48. The fraction of sp³-hybridized carbons (Fsp3) is 0.320. The second-order valence-electron chi connectivity index (χ2n) is 8.76. The quantitative estimate of drug-likeness (QED) is 0.631. The molecule has 2 aliphatic carbocycles. The van der Waals surface area contributed by atoms with Crippen molar-refractivity contribution in [3.8, 4) is 0 Å². The predicted octanol–water partition coefficient (Wildman–Crippen LogP) is 5.93. The third-order valence-electron chi connectivity index (χ3n) is 7.31. The summed E-state index contributed by atoms with van der Waals surface area (Å²) in [5.74, 6) is 0.693. The maximum absolute atomic E-state index is 11.9. The second-order valence-corrected chi connectivity index (χ2v) is 9.20. The molecule has 2 heterocycles. The number of hydrogen-bond acceptors (Lipinski definition) is 2. The van der Waals surface area contributed by atoms with Gasteiger partial charge in [0, 0.05) is 29.1 Å². The van der Waals surface area contributed by atoms with Gasteiger partial charge in [-0.15, -0.1) is 0 Å². The van der Waals surface area contributed by atoms with E-state index in [9.17, 15) is 9.90 Å². The molecular weight excluding hydrogens is 382 g/mol. The molecule has 0 saturated heterocycles. The standard InChI is InChI=1S/C25H22ClNO2/c26-17-9-7-14(8-10-17)23-20-6-2-5-19(20)22-12-16(25(28)29)11-21-18-4-1-3-15(18)13-27(23)24(21)22/h1-2,4-5,7-12,15,18-20,23H,3,6,13H2,(H,28,29)/t15-,18+,19-,20+,23+/m1/s1. The maximum Gasteiger partial charge on any atom is 0.335 e. The Morgan fingerprint density at radius 2 is 1.69 bits per heavy atom. The summed E-state index contributed by atoms with van der Waals surface area (Å²) in [4.78, 5) is 14.5. The van der Waals surface area contributed by atoms with Gasteiger partial charge in [0.1, 0.15) is 0 Å². The summed E-state index contributed by atoms with van der Waals surface area (Å²) in [5.41, 5.74) is 5.39. The number of rotatable bonds is 2. The number of hydrogen-bond donors (Lipinski definition) is 1. The molecule has 6 rings (SSSR count). The Hall–Kier alpha value is -2.52. The number of allylic oxidation sites excluding steroid dienone is 4. The zero-order valence-electron chi connectivity index (χ0n) is 16.0. The monoisotopic (exact) mass is 403 g/mol. The van der Waals surface area contributed by atoms with Gasteiger partial charge < -0.3 is 10.0 Å².